The first-order chi connectivity index (χ1) is 4.86. The van der Waals surface area contributed by atoms with E-state index < -0.39 is 0 Å². The molecule has 2 aliphatic carbocycles. The summed E-state index contributed by atoms with van der Waals surface area (Å²) in [7, 11) is 0. The van der Waals surface area contributed by atoms with Crippen LogP contribution in [-0.2, 0) is 0 Å². The summed E-state index contributed by atoms with van der Waals surface area (Å²) >= 11 is 0. The first kappa shape index (κ1) is 6.62. The van der Waals surface area contributed by atoms with Gasteiger partial charge in [-0.1, -0.05) is 0 Å². The molecule has 0 radical (unpaired) electrons. The van der Waals surface area contributed by atoms with Crippen LogP contribution in [0.15, 0.2) is 0 Å². The van der Waals surface area contributed by atoms with Crippen LogP contribution in [0.2, 0.25) is 0 Å². The van der Waals surface area contributed by atoms with E-state index in [-0.39, 0.29) is 0 Å². The molecule has 0 unspecified atom stereocenters. The van der Waals surface area contributed by atoms with Gasteiger partial charge in [0.2, 0.25) is 0 Å². The second kappa shape index (κ2) is 2.21. The fourth-order valence-electron chi connectivity index (χ4n) is 2.01. The predicted molar refractivity (Wildman–Crippen MR) is 37.4 cm³/mol. The quantitative estimate of drug-likeness (QED) is 0.592. The molecule has 2 N–H and O–H groups in total. The van der Waals surface area contributed by atoms with E-state index >= 15 is 0 Å². The summed E-state index contributed by atoms with van der Waals surface area (Å²) in [6.07, 6.45) is 2.41. The second-order valence-electron chi connectivity index (χ2n) is 3.68. The fourth-order valence-corrected chi connectivity index (χ4v) is 2.01. The molecule has 2 heteroatoms. The third-order valence-corrected chi connectivity index (χ3v) is 2.97. The van der Waals surface area contributed by atoms with Gasteiger partial charge in [0.15, 0.2) is 0 Å². The zero-order valence-corrected chi connectivity index (χ0v) is 6.03. The Balaban J connectivity index is 1.74. The van der Waals surface area contributed by atoms with E-state index in [4.69, 9.17) is 10.2 Å². The number of aliphatic hydroxyl groups is 2. The second-order valence-corrected chi connectivity index (χ2v) is 3.68. The van der Waals surface area contributed by atoms with Gasteiger partial charge >= 0.3 is 0 Å². The minimum absolute atomic E-state index is 0.360. The molecule has 0 heterocycles. The van der Waals surface area contributed by atoms with Crippen molar-refractivity contribution in [3.8, 4) is 0 Å². The molecule has 2 nitrogen and oxygen atoms in total. The summed E-state index contributed by atoms with van der Waals surface area (Å²) in [6.45, 7) is 0.721. The Labute approximate surface area is 60.9 Å². The summed E-state index contributed by atoms with van der Waals surface area (Å²) in [5.41, 5.74) is 0. The molecule has 0 aliphatic heterocycles. The van der Waals surface area contributed by atoms with E-state index in [0.29, 0.717) is 25.0 Å². The van der Waals surface area contributed by atoms with Gasteiger partial charge in [-0.05, 0) is 36.5 Å². The van der Waals surface area contributed by atoms with Gasteiger partial charge < -0.3 is 10.2 Å². The first-order valence-electron chi connectivity index (χ1n) is 4.08. The lowest BCUT2D eigenvalue weighted by Crippen LogP contribution is -1.94. The lowest BCUT2D eigenvalue weighted by molar-refractivity contribution is 0.251. The Morgan fingerprint density at radius 3 is 1.50 bits per heavy atom. The van der Waals surface area contributed by atoms with Gasteiger partial charge in [0, 0.05) is 13.2 Å². The van der Waals surface area contributed by atoms with Gasteiger partial charge in [-0.15, -0.1) is 0 Å². The van der Waals surface area contributed by atoms with Gasteiger partial charge in [0.25, 0.3) is 0 Å². The fraction of sp³-hybridized carbons (Fsp3) is 1.00. The Morgan fingerprint density at radius 1 is 0.900 bits per heavy atom. The van der Waals surface area contributed by atoms with Crippen LogP contribution in [0.4, 0.5) is 0 Å². The first-order valence-corrected chi connectivity index (χ1v) is 4.08. The van der Waals surface area contributed by atoms with Gasteiger partial charge in [-0.25, -0.2) is 0 Å². The molecular weight excluding hydrogens is 128 g/mol. The lowest BCUT2D eigenvalue weighted by atomic mass is 10.2. The minimum Gasteiger partial charge on any atom is -0.396 e. The maximum atomic E-state index is 8.75. The highest BCUT2D eigenvalue weighted by Gasteiger charge is 2.52. The molecule has 0 aromatic heterocycles. The van der Waals surface area contributed by atoms with Crippen molar-refractivity contribution in [3.05, 3.63) is 0 Å². The van der Waals surface area contributed by atoms with Crippen LogP contribution in [0.25, 0.3) is 0 Å². The highest BCUT2D eigenvalue weighted by molar-refractivity contribution is 5.01. The molecule has 0 bridgehead atoms. The van der Waals surface area contributed by atoms with Crippen LogP contribution in [0.5, 0.6) is 0 Å². The monoisotopic (exact) mass is 142 g/mol. The van der Waals surface area contributed by atoms with Crippen molar-refractivity contribution in [2.45, 2.75) is 12.8 Å². The molecule has 58 valence electrons. The summed E-state index contributed by atoms with van der Waals surface area (Å²) in [4.78, 5) is 0. The molecule has 4 atom stereocenters. The van der Waals surface area contributed by atoms with Gasteiger partial charge in [-0.2, -0.15) is 0 Å². The van der Waals surface area contributed by atoms with Crippen LogP contribution in [0, 0.1) is 23.7 Å². The third-order valence-electron chi connectivity index (χ3n) is 2.97. The van der Waals surface area contributed by atoms with Crippen molar-refractivity contribution >= 4 is 0 Å². The van der Waals surface area contributed by atoms with Crippen molar-refractivity contribution < 1.29 is 10.2 Å². The summed E-state index contributed by atoms with van der Waals surface area (Å²) in [5.74, 6) is 2.70. The maximum absolute atomic E-state index is 8.75. The molecular formula is C8H14O2. The zero-order valence-electron chi connectivity index (χ0n) is 6.03. The molecule has 2 aliphatic rings. The molecule has 0 spiro atoms. The molecule has 10 heavy (non-hydrogen) atoms. The zero-order chi connectivity index (χ0) is 7.14. The van der Waals surface area contributed by atoms with E-state index in [2.05, 4.69) is 0 Å². The molecule has 0 aromatic carbocycles. The van der Waals surface area contributed by atoms with Crippen LogP contribution in [-0.4, -0.2) is 23.4 Å². The predicted octanol–water partition coefficient (Wildman–Crippen LogP) is 0.243. The van der Waals surface area contributed by atoms with Crippen molar-refractivity contribution in [1.82, 2.24) is 0 Å². The van der Waals surface area contributed by atoms with E-state index in [9.17, 15) is 0 Å². The van der Waals surface area contributed by atoms with Crippen LogP contribution in [0.1, 0.15) is 12.8 Å². The molecule has 0 saturated heterocycles. The van der Waals surface area contributed by atoms with E-state index in [1.165, 1.54) is 12.8 Å². The van der Waals surface area contributed by atoms with Crippen LogP contribution in [0.3, 0.4) is 0 Å². The molecule has 0 amide bonds. The average molecular weight is 142 g/mol. The number of hydrogen-bond donors (Lipinski definition) is 2. The summed E-state index contributed by atoms with van der Waals surface area (Å²) in [6, 6.07) is 0. The maximum Gasteiger partial charge on any atom is 0.0462 e. The SMILES string of the molecule is OC[C@H]1C[C@@H]1[C@H]1C[C@@H]1CO. The number of rotatable bonds is 3. The van der Waals surface area contributed by atoms with Crippen molar-refractivity contribution in [2.75, 3.05) is 13.2 Å². The van der Waals surface area contributed by atoms with Crippen LogP contribution >= 0.6 is 0 Å². The van der Waals surface area contributed by atoms with Crippen LogP contribution < -0.4 is 0 Å². The van der Waals surface area contributed by atoms with Gasteiger partial charge in [0.05, 0.1) is 0 Å². The highest BCUT2D eigenvalue weighted by atomic mass is 16.3. The Morgan fingerprint density at radius 2 is 1.30 bits per heavy atom. The Kier molecular flexibility index (Phi) is 1.46. The van der Waals surface area contributed by atoms with Gasteiger partial charge in [0.1, 0.15) is 0 Å². The Hall–Kier alpha value is -0.0800. The minimum atomic E-state index is 0.360. The van der Waals surface area contributed by atoms with Crippen molar-refractivity contribution in [3.63, 3.8) is 0 Å². The lowest BCUT2D eigenvalue weighted by Gasteiger charge is -1.92. The number of hydrogen-bond acceptors (Lipinski definition) is 2. The highest BCUT2D eigenvalue weighted by Crippen LogP contribution is 2.57. The molecule has 2 saturated carbocycles. The smallest absolute Gasteiger partial charge is 0.0462 e. The van der Waals surface area contributed by atoms with E-state index in [1.807, 2.05) is 0 Å². The largest absolute Gasteiger partial charge is 0.396 e. The topological polar surface area (TPSA) is 40.5 Å². The average Bonchev–Trinajstić information content (AvgIpc) is 2.83. The van der Waals surface area contributed by atoms with E-state index in [0.717, 1.165) is 11.8 Å². The van der Waals surface area contributed by atoms with Gasteiger partial charge in [-0.3, -0.25) is 0 Å². The third kappa shape index (κ3) is 0.956. The van der Waals surface area contributed by atoms with Crippen molar-refractivity contribution in [1.29, 1.82) is 0 Å². The molecule has 2 rings (SSSR count). The molecule has 2 fully saturated rings. The summed E-state index contributed by atoms with van der Waals surface area (Å²) in [5, 5.41) is 17.5. The standard InChI is InChI=1S/C8H14O2/c9-3-5-1-7(5)8-2-6(8)4-10/h5-10H,1-4H2/t5-,6-,7+,8+/m1/s1. The molecule has 0 aromatic rings. The van der Waals surface area contributed by atoms with Crippen molar-refractivity contribution in [2.24, 2.45) is 23.7 Å². The normalized spacial score (nSPS) is 51.0. The number of aliphatic hydroxyl groups excluding tert-OH is 2. The summed E-state index contributed by atoms with van der Waals surface area (Å²) < 4.78 is 0. The van der Waals surface area contributed by atoms with E-state index in [1.54, 1.807) is 0 Å². The Bertz CT molecular complexity index is 119.